The van der Waals surface area contributed by atoms with Crippen LogP contribution in [0.25, 0.3) is 117 Å². The molecule has 3 aliphatic heterocycles. The number of pyridine rings is 3. The molecule has 12 heterocycles. The van der Waals surface area contributed by atoms with Gasteiger partial charge in [-0.3, -0.25) is 22.8 Å². The molecule has 0 atom stereocenters. The molecule has 3 aliphatic rings. The topological polar surface area (TPSA) is 289 Å². The Balaban J connectivity index is 0.000000128. The third-order valence-corrected chi connectivity index (χ3v) is 23.6. The summed E-state index contributed by atoms with van der Waals surface area (Å²) >= 11 is 5.74. The number of likely N-dealkylation sites (N-methyl/N-ethyl adjacent to an activating group) is 1. The van der Waals surface area contributed by atoms with Crippen LogP contribution in [-0.2, 0) is 38.9 Å². The quantitative estimate of drug-likeness (QED) is 0.0758. The van der Waals surface area contributed by atoms with Crippen molar-refractivity contribution < 1.29 is 18.0 Å². The maximum atomic E-state index is 12.5. The molecule has 2 amide bonds. The number of hydrogen-bond acceptors (Lipinski definition) is 17. The Labute approximate surface area is 660 Å². The monoisotopic (exact) mass is 1540 g/mol. The molecule has 3 saturated heterocycles. The zero-order valence-electron chi connectivity index (χ0n) is 63.3. The summed E-state index contributed by atoms with van der Waals surface area (Å²) in [4.78, 5) is 73.3. The van der Waals surface area contributed by atoms with Crippen molar-refractivity contribution in [3.63, 3.8) is 0 Å². The van der Waals surface area contributed by atoms with Crippen molar-refractivity contribution in [1.82, 2.24) is 77.1 Å². The van der Waals surface area contributed by atoms with Crippen molar-refractivity contribution in [2.24, 2.45) is 17.8 Å². The first-order valence-electron chi connectivity index (χ1n) is 38.4. The molecule has 23 nitrogen and oxygen atoms in total. The number of piperidine rings is 3. The number of benzene rings is 6. The van der Waals surface area contributed by atoms with Crippen LogP contribution < -0.4 is 17.2 Å². The minimum atomic E-state index is -3.15. The highest BCUT2D eigenvalue weighted by Crippen LogP contribution is 2.38. The summed E-state index contributed by atoms with van der Waals surface area (Å²) in [6.07, 6.45) is 19.9. The van der Waals surface area contributed by atoms with Crippen molar-refractivity contribution in [1.29, 1.82) is 0 Å². The molecule has 572 valence electrons. The predicted octanol–water partition coefficient (Wildman–Crippen LogP) is 14.2. The van der Waals surface area contributed by atoms with Crippen molar-refractivity contribution in [2.75, 3.05) is 89.2 Å². The first-order valence-corrected chi connectivity index (χ1v) is 40.8. The van der Waals surface area contributed by atoms with E-state index in [0.717, 1.165) is 218 Å². The number of nitrogens with zero attached hydrogens (tertiary/aromatic N) is 16. The minimum Gasteiger partial charge on any atom is -0.382 e. The van der Waals surface area contributed by atoms with Gasteiger partial charge in [-0.1, -0.05) is 146 Å². The Hall–Kier alpha value is -12.1. The Morgan fingerprint density at radius 1 is 0.416 bits per heavy atom. The van der Waals surface area contributed by atoms with E-state index in [0.29, 0.717) is 54.8 Å². The lowest BCUT2D eigenvalue weighted by molar-refractivity contribution is -0.133. The van der Waals surface area contributed by atoms with E-state index in [1.54, 1.807) is 22.9 Å². The number of alkyl halides is 1. The van der Waals surface area contributed by atoms with Gasteiger partial charge in [-0.05, 0) is 107 Å². The van der Waals surface area contributed by atoms with Gasteiger partial charge in [0.25, 0.3) is 0 Å². The lowest BCUT2D eigenvalue weighted by Crippen LogP contribution is -2.43. The summed E-state index contributed by atoms with van der Waals surface area (Å²) in [5.41, 5.74) is 35.5. The molecule has 3 fully saturated rings. The molecular formula is C88H88ClN19O4S. The van der Waals surface area contributed by atoms with Crippen molar-refractivity contribution in [3.8, 4) is 67.5 Å². The maximum absolute atomic E-state index is 12.5. The fraction of sp³-hybridized carbons (Fsp3) is 0.261. The normalized spacial score (nSPS) is 14.8. The summed E-state index contributed by atoms with van der Waals surface area (Å²) in [7, 11) is 0.710. The predicted molar refractivity (Wildman–Crippen MR) is 449 cm³/mol. The van der Waals surface area contributed by atoms with Gasteiger partial charge in [-0.25, -0.2) is 57.6 Å². The first-order chi connectivity index (χ1) is 54.9. The first kappa shape index (κ1) is 75.0. The number of nitrogens with two attached hydrogens (primary N) is 3. The highest BCUT2D eigenvalue weighted by molar-refractivity contribution is 7.88. The van der Waals surface area contributed by atoms with Gasteiger partial charge in [0.05, 0.1) is 46.4 Å². The number of anilines is 3. The number of amides is 2. The van der Waals surface area contributed by atoms with Crippen LogP contribution in [0.1, 0.15) is 56.0 Å². The van der Waals surface area contributed by atoms with Gasteiger partial charge >= 0.3 is 0 Å². The van der Waals surface area contributed by atoms with Gasteiger partial charge in [-0.15, -0.1) is 11.6 Å². The van der Waals surface area contributed by atoms with Crippen LogP contribution in [0.3, 0.4) is 0 Å². The maximum Gasteiger partial charge on any atom is 0.237 e. The summed E-state index contributed by atoms with van der Waals surface area (Å²) in [5.74, 6) is 5.64. The summed E-state index contributed by atoms with van der Waals surface area (Å²) in [6.45, 7) is 4.59. The smallest absolute Gasteiger partial charge is 0.237 e. The molecule has 0 aliphatic carbocycles. The highest BCUT2D eigenvalue weighted by atomic mass is 35.5. The largest absolute Gasteiger partial charge is 0.382 e. The second-order valence-corrected chi connectivity index (χ2v) is 32.1. The van der Waals surface area contributed by atoms with Gasteiger partial charge in [0.1, 0.15) is 74.4 Å². The molecule has 0 radical (unpaired) electrons. The average Bonchev–Trinajstić information content (AvgIpc) is 1.63. The Morgan fingerprint density at radius 2 is 0.726 bits per heavy atom. The number of carbonyl (C=O) groups is 2. The minimum absolute atomic E-state index is 0.00727. The van der Waals surface area contributed by atoms with Crippen LogP contribution in [0.2, 0.25) is 0 Å². The van der Waals surface area contributed by atoms with E-state index >= 15 is 0 Å². The lowest BCUT2D eigenvalue weighted by Gasteiger charge is -2.32. The zero-order valence-corrected chi connectivity index (χ0v) is 64.9. The lowest BCUT2D eigenvalue weighted by atomic mass is 9.93. The van der Waals surface area contributed by atoms with Gasteiger partial charge in [0.2, 0.25) is 21.8 Å². The zero-order chi connectivity index (χ0) is 77.9. The standard InChI is InChI=1S/C31H33N7O.C29H27ClN6O.C28H28N6O2S/c1-36(2)20-28(39)37-15-12-21(13-16-37)18-27-35-29(30-31(32)33-14-17-38(27)30)24-9-8-23-10-11-25(34-26(23)19-24)22-6-4-3-5-7-22;30-18-26(37)35-13-10-19(11-14-35)16-25-34-27(28-29(31)32-12-15-36(25)28)22-7-6-21-8-9-23(33-24(21)17-22)20-4-2-1-3-5-20;1-37(35,36)33-14-11-19(12-15-33)17-25-32-26(27-28(29)30-13-16-34(25)27)22-8-7-21-9-10-23(31-24(21)18-22)20-5-3-2-4-6-20/h3-11,14,17,19,21H,12-13,15-16,18,20H2,1-2H3,(H2,32,33);1-9,12,15,17,19H,10-11,13-14,16,18H2,(H2,31,32);2-10,13,16,18-19H,11-12,14-15,17H2,1H3,(H2,29,30). The van der Waals surface area contributed by atoms with Crippen molar-refractivity contribution in [2.45, 2.75) is 57.8 Å². The van der Waals surface area contributed by atoms with Crippen molar-refractivity contribution >= 4 is 100 Å². The number of sulfonamides is 1. The third kappa shape index (κ3) is 16.4. The van der Waals surface area contributed by atoms with Crippen LogP contribution in [0.15, 0.2) is 219 Å². The van der Waals surface area contributed by atoms with E-state index in [2.05, 4.69) is 145 Å². The van der Waals surface area contributed by atoms with E-state index < -0.39 is 10.0 Å². The molecule has 25 heteroatoms. The molecule has 0 bridgehead atoms. The number of aromatic nitrogens is 12. The van der Waals surface area contributed by atoms with Crippen LogP contribution >= 0.6 is 11.6 Å². The van der Waals surface area contributed by atoms with Crippen LogP contribution in [0.5, 0.6) is 0 Å². The average molecular weight is 1540 g/mol. The number of likely N-dealkylation sites (tertiary alicyclic amines) is 2. The number of hydrogen-bond donors (Lipinski definition) is 3. The fourth-order valence-corrected chi connectivity index (χ4v) is 17.0. The number of imidazole rings is 3. The van der Waals surface area contributed by atoms with Gasteiger partial charge in [-0.2, -0.15) is 0 Å². The van der Waals surface area contributed by atoms with Crippen LogP contribution in [0, 0.1) is 17.8 Å². The Bertz CT molecular complexity index is 6120. The number of fused-ring (bicyclic) bond motifs is 6. The Kier molecular flexibility index (Phi) is 21.7. The third-order valence-electron chi connectivity index (χ3n) is 22.0. The van der Waals surface area contributed by atoms with Crippen LogP contribution in [-0.4, -0.2) is 169 Å². The highest BCUT2D eigenvalue weighted by Gasteiger charge is 2.30. The van der Waals surface area contributed by atoms with E-state index in [1.165, 1.54) is 6.26 Å². The summed E-state index contributed by atoms with van der Waals surface area (Å²) in [5, 5.41) is 3.19. The number of halogens is 1. The van der Waals surface area contributed by atoms with E-state index in [9.17, 15) is 18.0 Å². The molecule has 9 aromatic heterocycles. The number of rotatable bonds is 16. The molecule has 0 spiro atoms. The molecule has 18 rings (SSSR count). The second kappa shape index (κ2) is 32.7. The van der Waals surface area contributed by atoms with Crippen LogP contribution in [0.4, 0.5) is 17.5 Å². The van der Waals surface area contributed by atoms with Gasteiger partial charge in [0.15, 0.2) is 0 Å². The molecule has 0 unspecified atom stereocenters. The van der Waals surface area contributed by atoms with Gasteiger partial charge < -0.3 is 31.9 Å². The van der Waals surface area contributed by atoms with Crippen molar-refractivity contribution in [3.05, 3.63) is 237 Å². The Morgan fingerprint density at radius 3 is 1.04 bits per heavy atom. The molecule has 6 aromatic carbocycles. The van der Waals surface area contributed by atoms with E-state index in [-0.39, 0.29) is 17.7 Å². The number of nitrogen functional groups attached to an aromatic ring is 3. The summed E-state index contributed by atoms with van der Waals surface area (Å²) < 4.78 is 31.5. The molecule has 113 heavy (non-hydrogen) atoms. The molecule has 0 saturated carbocycles. The van der Waals surface area contributed by atoms with E-state index in [4.69, 9.17) is 58.7 Å². The second-order valence-electron chi connectivity index (χ2n) is 29.9. The SMILES string of the molecule is CN(C)CC(=O)N1CCC(Cc2nc(-c3ccc4ccc(-c5ccccc5)nc4c3)c3c(N)nccn23)CC1.CS(=O)(=O)N1CCC(Cc2nc(-c3ccc4ccc(-c5ccccc5)nc4c3)c3c(N)nccn23)CC1.Nc1nccn2c(CC3CCN(C(=O)CCl)CC3)nc(-c3ccc4ccc(-c5ccccc5)nc4c3)c12. The van der Waals surface area contributed by atoms with E-state index in [1.807, 2.05) is 112 Å². The molecule has 15 aromatic rings. The molecule has 6 N–H and O–H groups in total. The number of carbonyl (C=O) groups excluding carboxylic acids is 2. The van der Waals surface area contributed by atoms with Gasteiger partial charge in [0, 0.05) is 145 Å². The fourth-order valence-electron chi connectivity index (χ4n) is 16.0. The molecular weight excluding hydrogens is 1450 g/mol. The summed E-state index contributed by atoms with van der Waals surface area (Å²) in [6, 6.07) is 61.6.